The van der Waals surface area contributed by atoms with Gasteiger partial charge in [0.2, 0.25) is 5.91 Å². The maximum atomic E-state index is 12.7. The van der Waals surface area contributed by atoms with Gasteiger partial charge >= 0.3 is 0 Å². The summed E-state index contributed by atoms with van der Waals surface area (Å²) in [5.74, 6) is 0.657. The van der Waals surface area contributed by atoms with Crippen molar-refractivity contribution in [1.82, 2.24) is 10.2 Å². The molecule has 6 heteroatoms. The lowest BCUT2D eigenvalue weighted by atomic mass is 10.0. The lowest BCUT2D eigenvalue weighted by Crippen LogP contribution is -2.49. The van der Waals surface area contributed by atoms with Crippen LogP contribution in [0, 0.1) is 6.92 Å². The van der Waals surface area contributed by atoms with Gasteiger partial charge in [-0.2, -0.15) is 0 Å². The number of likely N-dealkylation sites (tertiary alicyclic amines) is 1. The van der Waals surface area contributed by atoms with Crippen molar-refractivity contribution in [3.63, 3.8) is 0 Å². The third kappa shape index (κ3) is 6.49. The van der Waals surface area contributed by atoms with Crippen molar-refractivity contribution < 1.29 is 14.3 Å². The molecule has 1 saturated heterocycles. The van der Waals surface area contributed by atoms with Crippen LogP contribution < -0.4 is 10.1 Å². The molecule has 1 N–H and O–H groups in total. The van der Waals surface area contributed by atoms with Gasteiger partial charge in [0.15, 0.2) is 6.10 Å². The molecule has 1 aliphatic heterocycles. The van der Waals surface area contributed by atoms with Gasteiger partial charge in [0.1, 0.15) is 5.75 Å². The Hall–Kier alpha value is -2.53. The summed E-state index contributed by atoms with van der Waals surface area (Å²) in [6.07, 6.45) is 2.18. The summed E-state index contributed by atoms with van der Waals surface area (Å²) in [6, 6.07) is 15.4. The molecule has 30 heavy (non-hydrogen) atoms. The van der Waals surface area contributed by atoms with E-state index in [-0.39, 0.29) is 17.9 Å². The van der Waals surface area contributed by atoms with Gasteiger partial charge < -0.3 is 15.0 Å². The predicted octanol–water partition coefficient (Wildman–Crippen LogP) is 4.16. The van der Waals surface area contributed by atoms with Crippen molar-refractivity contribution in [2.45, 2.75) is 51.7 Å². The number of carbonyl (C=O) groups is 2. The summed E-state index contributed by atoms with van der Waals surface area (Å²) >= 11 is 5.88. The second-order valence-corrected chi connectivity index (χ2v) is 8.30. The first-order valence-corrected chi connectivity index (χ1v) is 10.8. The van der Waals surface area contributed by atoms with Gasteiger partial charge in [0.25, 0.3) is 5.91 Å². The Balaban J connectivity index is 1.39. The quantitative estimate of drug-likeness (QED) is 0.720. The standard InChI is InChI=1S/C24H29ClN2O3/c1-17-3-5-19(6-4-17)7-12-23(28)26-21-13-15-27(16-14-21)24(29)18(2)30-22-10-8-20(25)9-11-22/h3-6,8-11,18,21H,7,12-16H2,1-2H3,(H,26,28). The van der Waals surface area contributed by atoms with E-state index < -0.39 is 6.10 Å². The smallest absolute Gasteiger partial charge is 0.263 e. The number of amides is 2. The third-order valence-corrected chi connectivity index (χ3v) is 5.66. The van der Waals surface area contributed by atoms with Crippen LogP contribution in [0.3, 0.4) is 0 Å². The summed E-state index contributed by atoms with van der Waals surface area (Å²) in [7, 11) is 0. The van der Waals surface area contributed by atoms with Gasteiger partial charge in [-0.05, 0) is 62.9 Å². The fourth-order valence-corrected chi connectivity index (χ4v) is 3.71. The molecule has 5 nitrogen and oxygen atoms in total. The first-order valence-electron chi connectivity index (χ1n) is 10.5. The van der Waals surface area contributed by atoms with Crippen molar-refractivity contribution in [1.29, 1.82) is 0 Å². The largest absolute Gasteiger partial charge is 0.481 e. The first kappa shape index (κ1) is 22.2. The monoisotopic (exact) mass is 428 g/mol. The minimum atomic E-state index is -0.563. The van der Waals surface area contributed by atoms with Crippen LogP contribution in [0.15, 0.2) is 48.5 Å². The van der Waals surface area contributed by atoms with Crippen LogP contribution in [-0.4, -0.2) is 41.9 Å². The Kier molecular flexibility index (Phi) is 7.75. The van der Waals surface area contributed by atoms with Gasteiger partial charge in [0.05, 0.1) is 0 Å². The number of hydrogen-bond acceptors (Lipinski definition) is 3. The van der Waals surface area contributed by atoms with E-state index in [1.165, 1.54) is 11.1 Å². The van der Waals surface area contributed by atoms with Crippen LogP contribution in [0.4, 0.5) is 0 Å². The van der Waals surface area contributed by atoms with Gasteiger partial charge in [-0.3, -0.25) is 9.59 Å². The molecular weight excluding hydrogens is 400 g/mol. The maximum Gasteiger partial charge on any atom is 0.263 e. The van der Waals surface area contributed by atoms with E-state index in [2.05, 4.69) is 36.5 Å². The van der Waals surface area contributed by atoms with E-state index in [0.717, 1.165) is 19.3 Å². The molecule has 1 heterocycles. The number of nitrogens with zero attached hydrogens (tertiary/aromatic N) is 1. The molecule has 2 aromatic carbocycles. The molecule has 0 aromatic heterocycles. The first-order chi connectivity index (χ1) is 14.4. The highest BCUT2D eigenvalue weighted by Crippen LogP contribution is 2.19. The summed E-state index contributed by atoms with van der Waals surface area (Å²) in [5, 5.41) is 3.74. The summed E-state index contributed by atoms with van der Waals surface area (Å²) in [6.45, 7) is 5.06. The number of ether oxygens (including phenoxy) is 1. The fourth-order valence-electron chi connectivity index (χ4n) is 3.58. The summed E-state index contributed by atoms with van der Waals surface area (Å²) in [5.41, 5.74) is 2.39. The lowest BCUT2D eigenvalue weighted by Gasteiger charge is -2.33. The highest BCUT2D eigenvalue weighted by atomic mass is 35.5. The van der Waals surface area contributed by atoms with Gasteiger partial charge in [-0.15, -0.1) is 0 Å². The molecular formula is C24H29ClN2O3. The van der Waals surface area contributed by atoms with Crippen molar-refractivity contribution in [3.8, 4) is 5.75 Å². The van der Waals surface area contributed by atoms with E-state index >= 15 is 0 Å². The van der Waals surface area contributed by atoms with E-state index in [1.807, 2.05) is 4.90 Å². The van der Waals surface area contributed by atoms with Crippen molar-refractivity contribution in [2.24, 2.45) is 0 Å². The molecule has 0 spiro atoms. The number of hydrogen-bond donors (Lipinski definition) is 1. The Morgan fingerprint density at radius 1 is 1.10 bits per heavy atom. The molecule has 3 rings (SSSR count). The number of piperidine rings is 1. The molecule has 2 aromatic rings. The van der Waals surface area contributed by atoms with E-state index in [9.17, 15) is 9.59 Å². The average Bonchev–Trinajstić information content (AvgIpc) is 2.75. The highest BCUT2D eigenvalue weighted by molar-refractivity contribution is 6.30. The van der Waals surface area contributed by atoms with Crippen molar-refractivity contribution >= 4 is 23.4 Å². The van der Waals surface area contributed by atoms with Crippen molar-refractivity contribution in [3.05, 3.63) is 64.7 Å². The Labute approximate surface area is 183 Å². The minimum Gasteiger partial charge on any atom is -0.481 e. The molecule has 2 amide bonds. The number of nitrogens with one attached hydrogen (secondary N) is 1. The molecule has 1 fully saturated rings. The average molecular weight is 429 g/mol. The zero-order valence-corrected chi connectivity index (χ0v) is 18.3. The molecule has 1 unspecified atom stereocenters. The molecule has 1 aliphatic rings. The Morgan fingerprint density at radius 3 is 2.37 bits per heavy atom. The highest BCUT2D eigenvalue weighted by Gasteiger charge is 2.27. The van der Waals surface area contributed by atoms with Crippen LogP contribution in [0.25, 0.3) is 0 Å². The molecule has 160 valence electrons. The Morgan fingerprint density at radius 2 is 1.73 bits per heavy atom. The van der Waals surface area contributed by atoms with E-state index in [0.29, 0.717) is 30.3 Å². The van der Waals surface area contributed by atoms with Crippen LogP contribution >= 0.6 is 11.6 Å². The Bertz CT molecular complexity index is 844. The molecule has 0 saturated carbocycles. The number of benzene rings is 2. The van der Waals surface area contributed by atoms with Gasteiger partial charge in [-0.25, -0.2) is 0 Å². The van der Waals surface area contributed by atoms with Gasteiger partial charge in [-0.1, -0.05) is 41.4 Å². The zero-order valence-electron chi connectivity index (χ0n) is 17.6. The summed E-state index contributed by atoms with van der Waals surface area (Å²) in [4.78, 5) is 26.8. The lowest BCUT2D eigenvalue weighted by molar-refractivity contribution is -0.139. The number of carbonyl (C=O) groups excluding carboxylic acids is 2. The minimum absolute atomic E-state index is 0.0332. The van der Waals surface area contributed by atoms with E-state index in [1.54, 1.807) is 31.2 Å². The van der Waals surface area contributed by atoms with E-state index in [4.69, 9.17) is 16.3 Å². The second-order valence-electron chi connectivity index (χ2n) is 7.87. The van der Waals surface area contributed by atoms with Gasteiger partial charge in [0, 0.05) is 30.6 Å². The molecule has 0 radical (unpaired) electrons. The summed E-state index contributed by atoms with van der Waals surface area (Å²) < 4.78 is 5.74. The number of aryl methyl sites for hydroxylation is 2. The van der Waals surface area contributed by atoms with Crippen LogP contribution in [0.2, 0.25) is 5.02 Å². The topological polar surface area (TPSA) is 58.6 Å². The van der Waals surface area contributed by atoms with Crippen LogP contribution in [-0.2, 0) is 16.0 Å². The number of rotatable bonds is 7. The van der Waals surface area contributed by atoms with Crippen molar-refractivity contribution in [2.75, 3.05) is 13.1 Å². The fraction of sp³-hybridized carbons (Fsp3) is 0.417. The molecule has 0 bridgehead atoms. The second kappa shape index (κ2) is 10.5. The maximum absolute atomic E-state index is 12.7. The zero-order chi connectivity index (χ0) is 21.5. The molecule has 1 atom stereocenters. The molecule has 0 aliphatic carbocycles. The SMILES string of the molecule is Cc1ccc(CCC(=O)NC2CCN(C(=O)C(C)Oc3ccc(Cl)cc3)CC2)cc1. The number of halogens is 1. The van der Waals surface area contributed by atoms with Crippen LogP contribution in [0.5, 0.6) is 5.75 Å². The predicted molar refractivity (Wildman–Crippen MR) is 119 cm³/mol. The third-order valence-electron chi connectivity index (χ3n) is 5.41. The normalized spacial score (nSPS) is 15.5. The van der Waals surface area contributed by atoms with Crippen LogP contribution in [0.1, 0.15) is 37.3 Å².